The molecule has 0 unspecified atom stereocenters. The van der Waals surface area contributed by atoms with Gasteiger partial charge in [0, 0.05) is 23.9 Å². The quantitative estimate of drug-likeness (QED) is 0.830. The van der Waals surface area contributed by atoms with Crippen molar-refractivity contribution in [3.05, 3.63) is 52.9 Å². The number of fused-ring (bicyclic) bond motifs is 1. The number of anilines is 2. The first-order chi connectivity index (χ1) is 13.3. The highest BCUT2D eigenvalue weighted by molar-refractivity contribution is 7.97. The van der Waals surface area contributed by atoms with Crippen LogP contribution in [0.2, 0.25) is 0 Å². The number of ether oxygens (including phenoxy) is 2. The lowest BCUT2D eigenvalue weighted by Crippen LogP contribution is -2.39. The Kier molecular flexibility index (Phi) is 5.33. The number of allylic oxidation sites excluding steroid dienone is 1. The summed E-state index contributed by atoms with van der Waals surface area (Å²) < 4.78 is 38.3. The maximum Gasteiger partial charge on any atom is 0.270 e. The summed E-state index contributed by atoms with van der Waals surface area (Å²) in [5.41, 5.74) is 1.93. The molecule has 0 bridgehead atoms. The third kappa shape index (κ3) is 3.20. The molecule has 28 heavy (non-hydrogen) atoms. The van der Waals surface area contributed by atoms with Gasteiger partial charge in [0.2, 0.25) is 0 Å². The van der Waals surface area contributed by atoms with Crippen molar-refractivity contribution >= 4 is 32.9 Å². The van der Waals surface area contributed by atoms with Gasteiger partial charge in [-0.3, -0.25) is 9.10 Å². The lowest BCUT2D eigenvalue weighted by Gasteiger charge is -2.32. The van der Waals surface area contributed by atoms with Crippen molar-refractivity contribution in [2.75, 3.05) is 30.4 Å². The molecule has 0 radical (unpaired) electrons. The molecule has 0 spiro atoms. The molecule has 7 nitrogen and oxygen atoms in total. The summed E-state index contributed by atoms with van der Waals surface area (Å²) in [5, 5.41) is 2.67. The summed E-state index contributed by atoms with van der Waals surface area (Å²) >= 11 is 0. The highest BCUT2D eigenvalue weighted by Crippen LogP contribution is 2.44. The number of methoxy groups -OCH3 is 2. The first-order valence-electron chi connectivity index (χ1n) is 8.71. The van der Waals surface area contributed by atoms with E-state index in [-0.39, 0.29) is 11.4 Å². The molecule has 2 aromatic rings. The smallest absolute Gasteiger partial charge is 0.270 e. The Hall–Kier alpha value is -3.00. The average molecular weight is 402 g/mol. The van der Waals surface area contributed by atoms with E-state index in [0.717, 1.165) is 0 Å². The minimum atomic E-state index is -4.04. The monoisotopic (exact) mass is 402 g/mol. The van der Waals surface area contributed by atoms with Gasteiger partial charge >= 0.3 is 0 Å². The minimum Gasteiger partial charge on any atom is -0.493 e. The third-order valence-corrected chi connectivity index (χ3v) is 6.63. The first kappa shape index (κ1) is 19.8. The van der Waals surface area contributed by atoms with Crippen LogP contribution in [0.3, 0.4) is 0 Å². The van der Waals surface area contributed by atoms with Crippen LogP contribution in [0.5, 0.6) is 11.5 Å². The number of nitrogens with zero attached hydrogens (tertiary/aromatic N) is 1. The van der Waals surface area contributed by atoms with Gasteiger partial charge in [-0.05, 0) is 37.6 Å². The second-order valence-corrected chi connectivity index (χ2v) is 7.97. The Balaban J connectivity index is 2.20. The molecule has 8 heteroatoms. The van der Waals surface area contributed by atoms with E-state index in [2.05, 4.69) is 5.32 Å². The highest BCUT2D eigenvalue weighted by Gasteiger charge is 2.39. The zero-order valence-corrected chi connectivity index (χ0v) is 17.0. The number of hydrogen-bond acceptors (Lipinski definition) is 5. The summed E-state index contributed by atoms with van der Waals surface area (Å²) in [6.07, 6.45) is 0. The number of hydrogen-bond donors (Lipinski definition) is 1. The second-order valence-electron chi connectivity index (χ2n) is 6.17. The maximum atomic E-state index is 13.2. The molecule has 1 heterocycles. The predicted molar refractivity (Wildman–Crippen MR) is 109 cm³/mol. The topological polar surface area (TPSA) is 84.9 Å². The number of para-hydroxylation sites is 1. The maximum absolute atomic E-state index is 13.2. The van der Waals surface area contributed by atoms with Crippen LogP contribution in [-0.4, -0.2) is 35.1 Å². The van der Waals surface area contributed by atoms with E-state index in [1.165, 1.54) is 18.5 Å². The van der Waals surface area contributed by atoms with Crippen molar-refractivity contribution in [2.45, 2.75) is 13.8 Å². The Bertz CT molecular complexity index is 1050. The van der Waals surface area contributed by atoms with E-state index < -0.39 is 15.9 Å². The van der Waals surface area contributed by atoms with Crippen LogP contribution in [-0.2, 0) is 14.8 Å². The largest absolute Gasteiger partial charge is 0.493 e. The molecular weight excluding hydrogens is 380 g/mol. The third-order valence-electron chi connectivity index (χ3n) is 4.59. The average Bonchev–Trinajstić information content (AvgIpc) is 2.67. The van der Waals surface area contributed by atoms with Crippen LogP contribution in [0.4, 0.5) is 11.4 Å². The first-order valence-corrected chi connectivity index (χ1v) is 10.2. The SMILES string of the molecule is CCN1c2cc(OC)c(OC)cc2C(C)=C(C(=O)Nc2ccccc2)S1(=O)=O. The molecule has 3 rings (SSSR count). The van der Waals surface area contributed by atoms with Crippen LogP contribution in [0.15, 0.2) is 47.4 Å². The van der Waals surface area contributed by atoms with Crippen LogP contribution in [0.25, 0.3) is 5.57 Å². The number of nitrogens with one attached hydrogen (secondary N) is 1. The van der Waals surface area contributed by atoms with Crippen LogP contribution >= 0.6 is 0 Å². The van der Waals surface area contributed by atoms with Gasteiger partial charge in [-0.1, -0.05) is 18.2 Å². The zero-order valence-electron chi connectivity index (χ0n) is 16.1. The molecule has 0 saturated carbocycles. The summed E-state index contributed by atoms with van der Waals surface area (Å²) in [4.78, 5) is 12.6. The van der Waals surface area contributed by atoms with Gasteiger partial charge in [0.25, 0.3) is 15.9 Å². The summed E-state index contributed by atoms with van der Waals surface area (Å²) in [6.45, 7) is 3.50. The Labute approximate surface area is 164 Å². The molecule has 1 aliphatic rings. The van der Waals surface area contributed by atoms with Crippen LogP contribution in [0.1, 0.15) is 19.4 Å². The van der Waals surface area contributed by atoms with Crippen molar-refractivity contribution in [1.82, 2.24) is 0 Å². The molecule has 148 valence electrons. The fourth-order valence-corrected chi connectivity index (χ4v) is 5.02. The molecule has 0 aromatic heterocycles. The standard InChI is InChI=1S/C20H22N2O5S/c1-5-22-16-12-18(27-4)17(26-3)11-15(16)13(2)19(28(22,24)25)20(23)21-14-9-7-6-8-10-14/h6-12H,5H2,1-4H3,(H,21,23). The van der Waals surface area contributed by atoms with Gasteiger partial charge < -0.3 is 14.8 Å². The van der Waals surface area contributed by atoms with Gasteiger partial charge in [-0.15, -0.1) is 0 Å². The number of sulfonamides is 1. The van der Waals surface area contributed by atoms with Crippen molar-refractivity contribution in [3.8, 4) is 11.5 Å². The molecule has 1 amide bonds. The van der Waals surface area contributed by atoms with Crippen molar-refractivity contribution in [1.29, 1.82) is 0 Å². The molecule has 1 aliphatic heterocycles. The molecule has 2 aromatic carbocycles. The van der Waals surface area contributed by atoms with Crippen molar-refractivity contribution in [2.24, 2.45) is 0 Å². The second kappa shape index (κ2) is 7.55. The van der Waals surface area contributed by atoms with Gasteiger partial charge in [0.15, 0.2) is 16.4 Å². The van der Waals surface area contributed by atoms with Gasteiger partial charge in [-0.25, -0.2) is 8.42 Å². The van der Waals surface area contributed by atoms with E-state index in [1.54, 1.807) is 50.2 Å². The van der Waals surface area contributed by atoms with Crippen LogP contribution in [0, 0.1) is 0 Å². The number of rotatable bonds is 5. The van der Waals surface area contributed by atoms with E-state index in [0.29, 0.717) is 34.0 Å². The van der Waals surface area contributed by atoms with E-state index in [9.17, 15) is 13.2 Å². The number of benzene rings is 2. The molecule has 0 atom stereocenters. The minimum absolute atomic E-state index is 0.167. The lowest BCUT2D eigenvalue weighted by molar-refractivity contribution is -0.112. The Morgan fingerprint density at radius 1 is 1.07 bits per heavy atom. The van der Waals surface area contributed by atoms with Crippen molar-refractivity contribution in [3.63, 3.8) is 0 Å². The zero-order chi connectivity index (χ0) is 20.5. The highest BCUT2D eigenvalue weighted by atomic mass is 32.2. The van der Waals surface area contributed by atoms with E-state index >= 15 is 0 Å². The molecule has 0 aliphatic carbocycles. The molecule has 0 saturated heterocycles. The molecule has 0 fully saturated rings. The van der Waals surface area contributed by atoms with Gasteiger partial charge in [0.1, 0.15) is 0 Å². The fraction of sp³-hybridized carbons (Fsp3) is 0.250. The summed E-state index contributed by atoms with van der Waals surface area (Å²) in [6, 6.07) is 12.0. The summed E-state index contributed by atoms with van der Waals surface area (Å²) in [7, 11) is -1.05. The Morgan fingerprint density at radius 3 is 2.25 bits per heavy atom. The lowest BCUT2D eigenvalue weighted by atomic mass is 10.0. The van der Waals surface area contributed by atoms with Gasteiger partial charge in [-0.2, -0.15) is 0 Å². The normalized spacial score (nSPS) is 15.1. The Morgan fingerprint density at radius 2 is 1.68 bits per heavy atom. The number of carbonyl (C=O) groups is 1. The van der Waals surface area contributed by atoms with Gasteiger partial charge in [0.05, 0.1) is 19.9 Å². The predicted octanol–water partition coefficient (Wildman–Crippen LogP) is 3.24. The van der Waals surface area contributed by atoms with Crippen LogP contribution < -0.4 is 19.1 Å². The molecule has 1 N–H and O–H groups in total. The fourth-order valence-electron chi connectivity index (χ4n) is 3.27. The molecular formula is C20H22N2O5S. The van der Waals surface area contributed by atoms with Crippen molar-refractivity contribution < 1.29 is 22.7 Å². The van der Waals surface area contributed by atoms with E-state index in [4.69, 9.17) is 9.47 Å². The van der Waals surface area contributed by atoms with E-state index in [1.807, 2.05) is 6.07 Å². The summed E-state index contributed by atoms with van der Waals surface area (Å²) in [5.74, 6) is 0.196. The number of carbonyl (C=O) groups excluding carboxylic acids is 1. The number of amides is 1.